The molecular formula is C32H28N2O6S2. The van der Waals surface area contributed by atoms with Crippen molar-refractivity contribution >= 4 is 57.8 Å². The number of thiophene rings is 2. The van der Waals surface area contributed by atoms with Gasteiger partial charge in [0.1, 0.15) is 0 Å². The Morgan fingerprint density at radius 3 is 1.36 bits per heavy atom. The topological polar surface area (TPSA) is 93.2 Å². The van der Waals surface area contributed by atoms with Crippen LogP contribution in [-0.4, -0.2) is 51.1 Å². The van der Waals surface area contributed by atoms with Crippen molar-refractivity contribution in [2.45, 2.75) is 24.7 Å². The lowest BCUT2D eigenvalue weighted by Crippen LogP contribution is -2.67. The van der Waals surface area contributed by atoms with Crippen LogP contribution in [-0.2, 0) is 39.5 Å². The van der Waals surface area contributed by atoms with E-state index in [9.17, 15) is 19.2 Å². The van der Waals surface area contributed by atoms with Crippen molar-refractivity contribution in [2.75, 3.05) is 37.1 Å². The number of nitrogens with zero attached hydrogens (tertiary/aromatic N) is 2. The van der Waals surface area contributed by atoms with E-state index >= 15 is 0 Å². The number of anilines is 2. The molecule has 8 nitrogen and oxygen atoms in total. The minimum absolute atomic E-state index is 0.0562. The predicted molar refractivity (Wildman–Crippen MR) is 163 cm³/mol. The maximum Gasteiger partial charge on any atom is 0.329 e. The summed E-state index contributed by atoms with van der Waals surface area (Å²) in [5, 5.41) is 0. The number of benzene rings is 2. The second kappa shape index (κ2) is 10.2. The van der Waals surface area contributed by atoms with E-state index in [4.69, 9.17) is 9.47 Å². The first kappa shape index (κ1) is 27.9. The number of ether oxygens (including phenoxy) is 2. The van der Waals surface area contributed by atoms with Crippen molar-refractivity contribution in [3.05, 3.63) is 82.6 Å². The molecule has 42 heavy (non-hydrogen) atoms. The van der Waals surface area contributed by atoms with E-state index in [1.807, 2.05) is 72.8 Å². The van der Waals surface area contributed by atoms with Crippen molar-refractivity contribution in [3.8, 4) is 20.9 Å². The largest absolute Gasteiger partial charge is 0.465 e. The first-order valence-electron chi connectivity index (χ1n) is 13.5. The molecule has 2 atom stereocenters. The number of carbonyl (C=O) groups is 4. The van der Waals surface area contributed by atoms with Gasteiger partial charge in [0.15, 0.2) is 0 Å². The van der Waals surface area contributed by atoms with Crippen LogP contribution >= 0.6 is 22.7 Å². The first-order valence-corrected chi connectivity index (χ1v) is 15.2. The van der Waals surface area contributed by atoms with Crippen LogP contribution in [0.25, 0.3) is 20.9 Å². The average Bonchev–Trinajstić information content (AvgIpc) is 3.73. The van der Waals surface area contributed by atoms with Crippen molar-refractivity contribution in [1.29, 1.82) is 0 Å². The number of carbonyl (C=O) groups excluding carboxylic acids is 4. The van der Waals surface area contributed by atoms with Crippen LogP contribution in [0.1, 0.15) is 23.6 Å². The second-order valence-corrected chi connectivity index (χ2v) is 12.2. The number of esters is 2. The third-order valence-corrected chi connectivity index (χ3v) is 10.5. The van der Waals surface area contributed by atoms with E-state index in [1.54, 1.807) is 27.9 Å². The summed E-state index contributed by atoms with van der Waals surface area (Å²) in [6.07, 6.45) is 0. The van der Waals surface area contributed by atoms with Gasteiger partial charge in [-0.15, -0.1) is 22.7 Å². The molecule has 4 heterocycles. The Balaban J connectivity index is 1.72. The summed E-state index contributed by atoms with van der Waals surface area (Å²) < 4.78 is 11.2. The zero-order chi connectivity index (χ0) is 29.8. The lowest BCUT2D eigenvalue weighted by molar-refractivity contribution is -0.170. The standard InChI is InChI=1S/C32H28N2O6S2/c1-5-39-29(37)31(25-21(33(3)27(31)35)17-23(41-25)19-13-9-7-10-14-19)32(30(38)40-6-2)26-22(34(4)28(32)36)18-24(42-26)20-15-11-8-12-16-20/h7-18H,5-6H2,1-4H3/t31-,32+. The van der Waals surface area contributed by atoms with Gasteiger partial charge in [-0.2, -0.15) is 0 Å². The average molecular weight is 601 g/mol. The summed E-state index contributed by atoms with van der Waals surface area (Å²) >= 11 is 2.42. The van der Waals surface area contributed by atoms with Gasteiger partial charge >= 0.3 is 11.9 Å². The van der Waals surface area contributed by atoms with Gasteiger partial charge < -0.3 is 19.3 Å². The lowest BCUT2D eigenvalue weighted by atomic mass is 9.61. The number of fused-ring (bicyclic) bond motifs is 2. The van der Waals surface area contributed by atoms with Crippen molar-refractivity contribution in [1.82, 2.24) is 0 Å². The molecule has 214 valence electrons. The number of hydrogen-bond donors (Lipinski definition) is 0. The molecule has 0 aliphatic carbocycles. The van der Waals surface area contributed by atoms with Crippen molar-refractivity contribution < 1.29 is 28.7 Å². The monoisotopic (exact) mass is 600 g/mol. The van der Waals surface area contributed by atoms with E-state index in [1.165, 1.54) is 32.5 Å². The number of hydrogen-bond acceptors (Lipinski definition) is 8. The molecule has 0 radical (unpaired) electrons. The molecule has 0 saturated carbocycles. The third-order valence-electron chi connectivity index (χ3n) is 7.92. The van der Waals surface area contributed by atoms with Gasteiger partial charge in [0.25, 0.3) is 11.8 Å². The van der Waals surface area contributed by atoms with Gasteiger partial charge in [-0.1, -0.05) is 60.7 Å². The van der Waals surface area contributed by atoms with E-state index in [0.717, 1.165) is 20.9 Å². The molecule has 0 unspecified atom stereocenters. The molecule has 4 aromatic rings. The van der Waals surface area contributed by atoms with Crippen LogP contribution in [0.2, 0.25) is 0 Å². The SMILES string of the molecule is CCOC(=O)[C@]1([C@]2(C(=O)OCC)C(=O)N(C)c3cc(-c4ccccc4)sc32)C(=O)N(C)c2cc(-c3ccccc3)sc21. The molecule has 0 spiro atoms. The summed E-state index contributed by atoms with van der Waals surface area (Å²) in [4.78, 5) is 62.9. The normalized spacial score (nSPS) is 21.0. The van der Waals surface area contributed by atoms with E-state index in [0.29, 0.717) is 11.4 Å². The maximum absolute atomic E-state index is 14.6. The van der Waals surface area contributed by atoms with Gasteiger partial charge in [-0.3, -0.25) is 19.2 Å². The molecule has 2 aromatic carbocycles. The van der Waals surface area contributed by atoms with Gasteiger partial charge in [0.05, 0.1) is 34.3 Å². The minimum atomic E-state index is -2.34. The zero-order valence-electron chi connectivity index (χ0n) is 23.5. The highest BCUT2D eigenvalue weighted by Crippen LogP contribution is 2.63. The molecule has 2 amide bonds. The predicted octanol–water partition coefficient (Wildman–Crippen LogP) is 5.40. The lowest BCUT2D eigenvalue weighted by Gasteiger charge is -2.38. The fourth-order valence-corrected chi connectivity index (χ4v) is 8.85. The van der Waals surface area contributed by atoms with Crippen LogP contribution in [0.4, 0.5) is 11.4 Å². The van der Waals surface area contributed by atoms with E-state index in [-0.39, 0.29) is 23.0 Å². The quantitative estimate of drug-likeness (QED) is 0.208. The van der Waals surface area contributed by atoms with Gasteiger partial charge in [0, 0.05) is 23.8 Å². The first-order chi connectivity index (χ1) is 20.2. The highest BCUT2D eigenvalue weighted by Gasteiger charge is 2.80. The number of likely N-dealkylation sites (N-methyl/N-ethyl adjacent to an activating group) is 2. The molecule has 2 aliphatic rings. The minimum Gasteiger partial charge on any atom is -0.465 e. The molecule has 0 bridgehead atoms. The zero-order valence-corrected chi connectivity index (χ0v) is 25.1. The van der Waals surface area contributed by atoms with Crippen LogP contribution in [0.3, 0.4) is 0 Å². The van der Waals surface area contributed by atoms with E-state index < -0.39 is 34.6 Å². The molecule has 10 heteroatoms. The Hall–Kier alpha value is -4.28. The summed E-state index contributed by atoms with van der Waals surface area (Å²) in [6, 6.07) is 22.7. The summed E-state index contributed by atoms with van der Waals surface area (Å²) in [6.45, 7) is 3.14. The number of rotatable bonds is 7. The second-order valence-electron chi connectivity index (χ2n) is 10.1. The molecule has 6 rings (SSSR count). The maximum atomic E-state index is 14.6. The summed E-state index contributed by atoms with van der Waals surface area (Å²) in [7, 11) is 3.10. The number of amides is 2. The van der Waals surface area contributed by atoms with Crippen molar-refractivity contribution in [2.24, 2.45) is 0 Å². The Labute approximate surface area is 251 Å². The Bertz CT molecular complexity index is 1600. The van der Waals surface area contributed by atoms with Crippen LogP contribution in [0, 0.1) is 0 Å². The fourth-order valence-electron chi connectivity index (χ4n) is 6.01. The molecular weight excluding hydrogens is 572 g/mol. The fraction of sp³-hybridized carbons (Fsp3) is 0.250. The molecule has 2 aliphatic heterocycles. The summed E-state index contributed by atoms with van der Waals surface area (Å²) in [5.74, 6) is -3.34. The van der Waals surface area contributed by atoms with Crippen LogP contribution < -0.4 is 9.80 Å². The van der Waals surface area contributed by atoms with Crippen LogP contribution in [0.15, 0.2) is 72.8 Å². The van der Waals surface area contributed by atoms with Gasteiger partial charge in [-0.25, -0.2) is 0 Å². The Morgan fingerprint density at radius 2 is 1.02 bits per heavy atom. The van der Waals surface area contributed by atoms with E-state index in [2.05, 4.69) is 0 Å². The van der Waals surface area contributed by atoms with Crippen LogP contribution in [0.5, 0.6) is 0 Å². The highest BCUT2D eigenvalue weighted by molar-refractivity contribution is 7.17. The van der Waals surface area contributed by atoms with Gasteiger partial charge in [-0.05, 0) is 37.1 Å². The van der Waals surface area contributed by atoms with Gasteiger partial charge in [0.2, 0.25) is 10.8 Å². The Kier molecular flexibility index (Phi) is 6.78. The smallest absolute Gasteiger partial charge is 0.329 e. The molecule has 0 saturated heterocycles. The molecule has 0 N–H and O–H groups in total. The third kappa shape index (κ3) is 3.51. The molecule has 2 aromatic heterocycles. The highest BCUT2D eigenvalue weighted by atomic mass is 32.1. The molecule has 0 fully saturated rings. The Morgan fingerprint density at radius 1 is 0.667 bits per heavy atom. The summed E-state index contributed by atoms with van der Waals surface area (Å²) in [5.41, 5.74) is -2.04. The van der Waals surface area contributed by atoms with Crippen molar-refractivity contribution in [3.63, 3.8) is 0 Å².